The molecule has 4 rings (SSSR count). The van der Waals surface area contributed by atoms with Crippen LogP contribution in [0.3, 0.4) is 0 Å². The van der Waals surface area contributed by atoms with Crippen molar-refractivity contribution >= 4 is 24.2 Å². The molecule has 0 saturated heterocycles. The Bertz CT molecular complexity index is 877. The zero-order chi connectivity index (χ0) is 20.5. The first kappa shape index (κ1) is 21.1. The lowest BCUT2D eigenvalue weighted by Gasteiger charge is -2.30. The Hall–Kier alpha value is -2.61. The number of ketones is 1. The molecule has 1 radical (unpaired) electrons. The average molecular weight is 405 g/mol. The Morgan fingerprint density at radius 1 is 0.690 bits per heavy atom. The summed E-state index contributed by atoms with van der Waals surface area (Å²) in [6.45, 7) is 0. The molecule has 3 nitrogen and oxygen atoms in total. The van der Waals surface area contributed by atoms with Crippen LogP contribution in [-0.4, -0.2) is 16.5 Å². The van der Waals surface area contributed by atoms with Crippen molar-refractivity contribution in [2.45, 2.75) is 37.7 Å². The van der Waals surface area contributed by atoms with E-state index in [2.05, 4.69) is 0 Å². The highest BCUT2D eigenvalue weighted by Crippen LogP contribution is 2.31. The second kappa shape index (κ2) is 10.2. The maximum absolute atomic E-state index is 12.1. The Labute approximate surface area is 173 Å². The number of aliphatic hydroxyl groups is 1. The summed E-state index contributed by atoms with van der Waals surface area (Å²) < 4.78 is 12.0. The van der Waals surface area contributed by atoms with E-state index in [0.29, 0.717) is 18.4 Å². The molecule has 0 aliphatic heterocycles. The fourth-order valence-corrected chi connectivity index (χ4v) is 4.68. The highest BCUT2D eigenvalue weighted by atomic mass is 31.1. The minimum atomic E-state index is -1.42. The summed E-state index contributed by atoms with van der Waals surface area (Å²) in [5, 5.41) is 12.0. The number of hydrogen-bond donors (Lipinski definition) is 1. The summed E-state index contributed by atoms with van der Waals surface area (Å²) in [6, 6.07) is 28.2. The molecule has 0 heterocycles. The molecule has 4 heteroatoms. The van der Waals surface area contributed by atoms with E-state index in [0.717, 1.165) is 29.9 Å². The molecule has 1 saturated carbocycles. The topological polar surface area (TPSA) is 54.4 Å². The summed E-state index contributed by atoms with van der Waals surface area (Å²) in [7, 11) is -1.42. The van der Waals surface area contributed by atoms with Gasteiger partial charge in [-0.05, 0) is 37.1 Å². The van der Waals surface area contributed by atoms with Crippen LogP contribution in [0.5, 0.6) is 0 Å². The van der Waals surface area contributed by atoms with Gasteiger partial charge in [-0.2, -0.15) is 0 Å². The number of Topliss-reactive ketones (excluding diaryl/α,β-unsaturated/α-hetero) is 1. The third-order valence-electron chi connectivity index (χ3n) is 5.12. The van der Waals surface area contributed by atoms with Crippen molar-refractivity contribution in [1.82, 2.24) is 0 Å². The first-order valence-corrected chi connectivity index (χ1v) is 11.3. The molecular weight excluding hydrogens is 379 g/mol. The van der Waals surface area contributed by atoms with Crippen molar-refractivity contribution in [3.05, 3.63) is 96.6 Å². The molecule has 29 heavy (non-hydrogen) atoms. The lowest BCUT2D eigenvalue weighted by Crippen LogP contribution is -2.40. The number of benzene rings is 3. The maximum atomic E-state index is 12.1. The predicted molar refractivity (Wildman–Crippen MR) is 119 cm³/mol. The molecule has 0 bridgehead atoms. The number of rotatable bonds is 4. The molecule has 1 aliphatic rings. The number of carbonyl (C=O) groups excluding carboxylic acids is 1. The first-order chi connectivity index (χ1) is 14.1. The Morgan fingerprint density at radius 2 is 1.10 bits per heavy atom. The van der Waals surface area contributed by atoms with Gasteiger partial charge in [0, 0.05) is 16.2 Å². The molecule has 1 fully saturated rings. The fraction of sp³-hybridized carbons (Fsp3) is 0.240. The standard InChI is InChI=1S/C13H16O2.C12H10OP/c14-12(11-7-3-1-4-8-11)13(15)9-5-2-6-10-13;13-14(11-7-3-1-4-8-11)12-9-5-2-6-10-12/h1,3-4,7-8,15H,2,5-6,9-10H2;1-10H. The summed E-state index contributed by atoms with van der Waals surface area (Å²) in [4.78, 5) is 12.1. The van der Waals surface area contributed by atoms with E-state index in [4.69, 9.17) is 0 Å². The van der Waals surface area contributed by atoms with Crippen molar-refractivity contribution < 1.29 is 14.5 Å². The van der Waals surface area contributed by atoms with Gasteiger partial charge in [-0.15, -0.1) is 0 Å². The lowest BCUT2D eigenvalue weighted by molar-refractivity contribution is 0.0116. The molecule has 0 spiro atoms. The molecule has 0 unspecified atom stereocenters. The molecular formula is C25H26O3P. The van der Waals surface area contributed by atoms with Gasteiger partial charge in [0.2, 0.25) is 0 Å². The summed E-state index contributed by atoms with van der Waals surface area (Å²) >= 11 is 0. The Kier molecular flexibility index (Phi) is 7.46. The summed E-state index contributed by atoms with van der Waals surface area (Å²) in [5.74, 6) is -0.109. The van der Waals surface area contributed by atoms with Crippen LogP contribution in [0.4, 0.5) is 0 Å². The quantitative estimate of drug-likeness (QED) is 0.489. The van der Waals surface area contributed by atoms with E-state index >= 15 is 0 Å². The van der Waals surface area contributed by atoms with Crippen LogP contribution in [0, 0.1) is 0 Å². The van der Waals surface area contributed by atoms with Crippen LogP contribution in [0.1, 0.15) is 42.5 Å². The van der Waals surface area contributed by atoms with Gasteiger partial charge in [0.25, 0.3) is 0 Å². The molecule has 149 valence electrons. The van der Waals surface area contributed by atoms with Crippen molar-refractivity contribution in [2.75, 3.05) is 0 Å². The van der Waals surface area contributed by atoms with Crippen molar-refractivity contribution in [3.8, 4) is 0 Å². The van der Waals surface area contributed by atoms with Crippen molar-refractivity contribution in [1.29, 1.82) is 0 Å². The van der Waals surface area contributed by atoms with Gasteiger partial charge in [0.1, 0.15) is 13.4 Å². The van der Waals surface area contributed by atoms with Crippen LogP contribution >= 0.6 is 7.80 Å². The zero-order valence-electron chi connectivity index (χ0n) is 16.4. The lowest BCUT2D eigenvalue weighted by atomic mass is 9.79. The molecule has 1 N–H and O–H groups in total. The third kappa shape index (κ3) is 5.69. The number of hydrogen-bond acceptors (Lipinski definition) is 3. The second-order valence-corrected chi connectivity index (χ2v) is 8.87. The normalized spacial score (nSPS) is 14.9. The minimum absolute atomic E-state index is 0.109. The van der Waals surface area contributed by atoms with Crippen LogP contribution < -0.4 is 10.6 Å². The molecule has 0 amide bonds. The van der Waals surface area contributed by atoms with E-state index in [9.17, 15) is 14.5 Å². The minimum Gasteiger partial charge on any atom is -0.382 e. The van der Waals surface area contributed by atoms with Gasteiger partial charge in [0.05, 0.1) is 0 Å². The molecule has 0 atom stereocenters. The molecule has 1 aliphatic carbocycles. The largest absolute Gasteiger partial charge is 0.382 e. The highest BCUT2D eigenvalue weighted by Gasteiger charge is 2.37. The Morgan fingerprint density at radius 3 is 1.55 bits per heavy atom. The van der Waals surface area contributed by atoms with Crippen LogP contribution in [0.2, 0.25) is 0 Å². The van der Waals surface area contributed by atoms with Gasteiger partial charge in [-0.3, -0.25) is 9.36 Å². The highest BCUT2D eigenvalue weighted by molar-refractivity contribution is 7.61. The van der Waals surface area contributed by atoms with Gasteiger partial charge in [0.15, 0.2) is 5.78 Å². The predicted octanol–water partition coefficient (Wildman–Crippen LogP) is 5.03. The summed E-state index contributed by atoms with van der Waals surface area (Å²) in [6.07, 6.45) is 4.26. The average Bonchev–Trinajstić information content (AvgIpc) is 2.81. The fourth-order valence-electron chi connectivity index (χ4n) is 3.50. The monoisotopic (exact) mass is 405 g/mol. The first-order valence-electron chi connectivity index (χ1n) is 10.00. The van der Waals surface area contributed by atoms with Gasteiger partial charge < -0.3 is 5.11 Å². The van der Waals surface area contributed by atoms with Gasteiger partial charge in [-0.25, -0.2) is 0 Å². The van der Waals surface area contributed by atoms with Crippen molar-refractivity contribution in [2.24, 2.45) is 0 Å². The van der Waals surface area contributed by atoms with Gasteiger partial charge in [-0.1, -0.05) is 86.0 Å². The third-order valence-corrected chi connectivity index (χ3v) is 6.66. The molecule has 0 aromatic heterocycles. The van der Waals surface area contributed by atoms with E-state index in [1.165, 1.54) is 0 Å². The van der Waals surface area contributed by atoms with Crippen LogP contribution in [-0.2, 0) is 4.57 Å². The molecule has 3 aromatic rings. The van der Waals surface area contributed by atoms with E-state index < -0.39 is 13.4 Å². The van der Waals surface area contributed by atoms with E-state index in [1.807, 2.05) is 78.9 Å². The van der Waals surface area contributed by atoms with Crippen LogP contribution in [0.25, 0.3) is 0 Å². The van der Waals surface area contributed by atoms with Crippen LogP contribution in [0.15, 0.2) is 91.0 Å². The van der Waals surface area contributed by atoms with Gasteiger partial charge >= 0.3 is 0 Å². The zero-order valence-corrected chi connectivity index (χ0v) is 17.3. The smallest absolute Gasteiger partial charge is 0.194 e. The van der Waals surface area contributed by atoms with Crippen molar-refractivity contribution in [3.63, 3.8) is 0 Å². The Balaban J connectivity index is 0.000000166. The molecule has 3 aromatic carbocycles. The second-order valence-electron chi connectivity index (χ2n) is 7.25. The van der Waals surface area contributed by atoms with E-state index in [1.54, 1.807) is 12.1 Å². The maximum Gasteiger partial charge on any atom is 0.194 e. The SMILES string of the molecule is O=C(c1ccccc1)C1(O)CCCCC1.O=[P](c1ccccc1)c1ccccc1. The van der Waals surface area contributed by atoms with E-state index in [-0.39, 0.29) is 5.78 Å². The summed E-state index contributed by atoms with van der Waals surface area (Å²) in [5.41, 5.74) is -0.471. The number of carbonyl (C=O) groups is 1.